The Morgan fingerprint density at radius 3 is 2.26 bits per heavy atom. The van der Waals surface area contributed by atoms with Gasteiger partial charge in [-0.1, -0.05) is 21.1 Å². The third-order valence-corrected chi connectivity index (χ3v) is 9.50. The summed E-state index contributed by atoms with van der Waals surface area (Å²) in [6, 6.07) is 21.3. The van der Waals surface area contributed by atoms with E-state index in [1.165, 1.54) is 37.3 Å². The van der Waals surface area contributed by atoms with Gasteiger partial charge in [-0.15, -0.1) is 10.2 Å². The zero-order chi connectivity index (χ0) is 32.5. The topological polar surface area (TPSA) is 159 Å². The number of carbonyl (C=O) groups excluding carboxylic acids is 2. The van der Waals surface area contributed by atoms with Gasteiger partial charge in [0.1, 0.15) is 28.4 Å². The number of esters is 1. The van der Waals surface area contributed by atoms with E-state index < -0.39 is 11.8 Å². The van der Waals surface area contributed by atoms with E-state index in [2.05, 4.69) is 27.9 Å². The molecular weight excluding hydrogens is 661 g/mol. The van der Waals surface area contributed by atoms with E-state index in [0.29, 0.717) is 39.3 Å². The van der Waals surface area contributed by atoms with Crippen molar-refractivity contribution < 1.29 is 28.9 Å². The van der Waals surface area contributed by atoms with E-state index in [1.807, 2.05) is 18.2 Å². The lowest BCUT2D eigenvalue weighted by Crippen LogP contribution is -2.29. The normalized spacial score (nSPS) is 15.9. The molecule has 0 saturated heterocycles. The molecule has 1 N–H and O–H groups in total. The summed E-state index contributed by atoms with van der Waals surface area (Å²) in [5.41, 5.74) is 6.19. The van der Waals surface area contributed by atoms with E-state index in [4.69, 9.17) is 14.2 Å². The van der Waals surface area contributed by atoms with E-state index in [9.17, 15) is 14.7 Å². The molecule has 0 fully saturated rings. The third kappa shape index (κ3) is 5.69. The van der Waals surface area contributed by atoms with Crippen molar-refractivity contribution in [1.29, 1.82) is 0 Å². The van der Waals surface area contributed by atoms with E-state index in [-0.39, 0.29) is 12.0 Å². The predicted molar refractivity (Wildman–Crippen MR) is 178 cm³/mol. The molecule has 1 aliphatic rings. The molecule has 0 aliphatic carbocycles. The fourth-order valence-electron chi connectivity index (χ4n) is 5.26. The van der Waals surface area contributed by atoms with Crippen molar-refractivity contribution in [3.8, 4) is 11.5 Å². The third-order valence-electron chi connectivity index (χ3n) is 7.57. The Hall–Kier alpha value is -5.22. The van der Waals surface area contributed by atoms with Crippen LogP contribution in [0.15, 0.2) is 78.4 Å². The molecule has 4 aromatic carbocycles. The molecule has 3 aromatic heterocycles. The number of cyclic esters (lactones) is 1. The molecule has 1 unspecified atom stereocenters. The lowest BCUT2D eigenvalue weighted by molar-refractivity contribution is -0.185. The molecule has 1 atom stereocenters. The molecule has 0 saturated carbocycles. The Labute approximate surface area is 278 Å². The summed E-state index contributed by atoms with van der Waals surface area (Å²) in [7, 11) is 3.03. The van der Waals surface area contributed by atoms with Gasteiger partial charge in [0.05, 0.1) is 40.9 Å². The second-order valence-corrected chi connectivity index (χ2v) is 12.4. The molecule has 12 nitrogen and oxygen atoms in total. The monoisotopic (exact) mass is 682 g/mol. The van der Waals surface area contributed by atoms with Gasteiger partial charge < -0.3 is 19.3 Å². The SMILES string of the molecule is COc1ccc(C2(O)OC(=O)C(c3ccc4nsnc4c3)=C2Cc2ccc3nnsc3c2)cc1OC.O=Cc1ccc2nnsc2c1. The number of fused-ring (bicyclic) bond motifs is 3. The van der Waals surface area contributed by atoms with Crippen molar-refractivity contribution in [3.63, 3.8) is 0 Å². The minimum Gasteiger partial charge on any atom is -0.493 e. The summed E-state index contributed by atoms with van der Waals surface area (Å²) >= 11 is 3.68. The maximum absolute atomic E-state index is 13.3. The molecule has 0 radical (unpaired) electrons. The standard InChI is InChI=1S/C25H18N4O5S2.C7H4N2OS/c1-32-20-8-5-15(12-21(20)33-2)25(31)16(9-13-3-6-18-22(10-13)35-29-26-18)23(24(30)34-25)14-4-7-17-19(11-14)28-36-27-17;10-4-5-1-2-6-7(3-5)11-9-8-6/h3-8,10-12,31H,9H2,1-2H3;1-4H. The molecule has 47 heavy (non-hydrogen) atoms. The van der Waals surface area contributed by atoms with Gasteiger partial charge in [0.2, 0.25) is 0 Å². The number of carbonyl (C=O) groups is 2. The molecule has 0 spiro atoms. The van der Waals surface area contributed by atoms with Gasteiger partial charge in [0.25, 0.3) is 5.79 Å². The van der Waals surface area contributed by atoms with Gasteiger partial charge >= 0.3 is 5.97 Å². The summed E-state index contributed by atoms with van der Waals surface area (Å²) in [5.74, 6) is -1.77. The Balaban J connectivity index is 0.000000269. The van der Waals surface area contributed by atoms with Crippen LogP contribution < -0.4 is 9.47 Å². The first-order valence-electron chi connectivity index (χ1n) is 13.9. The molecule has 0 amide bonds. The van der Waals surface area contributed by atoms with Gasteiger partial charge in [-0.3, -0.25) is 4.79 Å². The lowest BCUT2D eigenvalue weighted by Gasteiger charge is -2.26. The second-order valence-electron chi connectivity index (χ2n) is 10.3. The molecule has 234 valence electrons. The zero-order valence-corrected chi connectivity index (χ0v) is 27.1. The lowest BCUT2D eigenvalue weighted by atomic mass is 9.88. The number of aliphatic hydroxyl groups is 1. The van der Waals surface area contributed by atoms with Gasteiger partial charge in [0.15, 0.2) is 11.5 Å². The summed E-state index contributed by atoms with van der Waals surface area (Å²) in [6.07, 6.45) is 1.06. The highest BCUT2D eigenvalue weighted by molar-refractivity contribution is 7.13. The largest absolute Gasteiger partial charge is 0.493 e. The van der Waals surface area contributed by atoms with E-state index >= 15 is 0 Å². The van der Waals surface area contributed by atoms with Crippen molar-refractivity contribution >= 4 is 84.1 Å². The van der Waals surface area contributed by atoms with Crippen LogP contribution in [-0.2, 0) is 21.7 Å². The molecule has 15 heteroatoms. The number of hydrogen-bond donors (Lipinski definition) is 1. The molecule has 7 aromatic rings. The van der Waals surface area contributed by atoms with Crippen LogP contribution in [0.2, 0.25) is 0 Å². The van der Waals surface area contributed by atoms with Gasteiger partial charge in [-0.2, -0.15) is 8.75 Å². The fraction of sp³-hybridized carbons (Fsp3) is 0.125. The maximum atomic E-state index is 13.3. The van der Waals surface area contributed by atoms with Crippen molar-refractivity contribution in [3.05, 3.63) is 101 Å². The molecule has 1 aliphatic heterocycles. The Morgan fingerprint density at radius 2 is 1.51 bits per heavy atom. The first-order valence-corrected chi connectivity index (χ1v) is 16.2. The van der Waals surface area contributed by atoms with Crippen molar-refractivity contribution in [2.45, 2.75) is 12.2 Å². The number of methoxy groups -OCH3 is 2. The van der Waals surface area contributed by atoms with Crippen LogP contribution in [0.5, 0.6) is 11.5 Å². The van der Waals surface area contributed by atoms with E-state index in [1.54, 1.807) is 54.6 Å². The smallest absolute Gasteiger partial charge is 0.342 e. The average Bonchev–Trinajstić information content (AvgIpc) is 3.91. The summed E-state index contributed by atoms with van der Waals surface area (Å²) in [5, 5.41) is 19.9. The Morgan fingerprint density at radius 1 is 0.809 bits per heavy atom. The highest BCUT2D eigenvalue weighted by Gasteiger charge is 2.48. The first-order chi connectivity index (χ1) is 22.9. The first kappa shape index (κ1) is 30.4. The number of rotatable bonds is 7. The molecule has 0 bridgehead atoms. The number of ether oxygens (including phenoxy) is 3. The van der Waals surface area contributed by atoms with Crippen LogP contribution in [0, 0.1) is 0 Å². The second kappa shape index (κ2) is 12.5. The number of nitrogens with zero attached hydrogens (tertiary/aromatic N) is 6. The summed E-state index contributed by atoms with van der Waals surface area (Å²) in [4.78, 5) is 23.7. The van der Waals surface area contributed by atoms with Crippen molar-refractivity contribution in [1.82, 2.24) is 27.9 Å². The Bertz CT molecular complexity index is 2330. The molecule has 8 rings (SSSR count). The van der Waals surface area contributed by atoms with Crippen molar-refractivity contribution in [2.24, 2.45) is 0 Å². The minimum atomic E-state index is -2.03. The average molecular weight is 683 g/mol. The van der Waals surface area contributed by atoms with Crippen LogP contribution in [0.3, 0.4) is 0 Å². The predicted octanol–water partition coefficient (Wildman–Crippen LogP) is 5.62. The van der Waals surface area contributed by atoms with Crippen LogP contribution in [0.4, 0.5) is 0 Å². The van der Waals surface area contributed by atoms with Crippen LogP contribution in [0.25, 0.3) is 37.0 Å². The van der Waals surface area contributed by atoms with Gasteiger partial charge in [-0.25, -0.2) is 4.79 Å². The highest BCUT2D eigenvalue weighted by atomic mass is 32.1. The molecular formula is C32H22N6O6S3. The van der Waals surface area contributed by atoms with Gasteiger partial charge in [0, 0.05) is 23.1 Å². The van der Waals surface area contributed by atoms with Crippen LogP contribution >= 0.6 is 34.8 Å². The Kier molecular flexibility index (Phi) is 8.11. The molecule has 4 heterocycles. The zero-order valence-electron chi connectivity index (χ0n) is 24.6. The quantitative estimate of drug-likeness (QED) is 0.164. The fourth-order valence-corrected chi connectivity index (χ4v) is 7.01. The number of benzene rings is 4. The number of aldehydes is 1. The minimum absolute atomic E-state index is 0.243. The van der Waals surface area contributed by atoms with Crippen LogP contribution in [0.1, 0.15) is 27.0 Å². The summed E-state index contributed by atoms with van der Waals surface area (Å²) in [6.45, 7) is 0. The van der Waals surface area contributed by atoms with Crippen LogP contribution in [-0.4, -0.2) is 59.5 Å². The number of aromatic nitrogens is 6. The van der Waals surface area contributed by atoms with E-state index in [0.717, 1.165) is 49.5 Å². The highest BCUT2D eigenvalue weighted by Crippen LogP contribution is 2.46. The van der Waals surface area contributed by atoms with Crippen molar-refractivity contribution in [2.75, 3.05) is 14.2 Å². The van der Waals surface area contributed by atoms with Gasteiger partial charge in [-0.05, 0) is 94.9 Å². The number of hydrogen-bond acceptors (Lipinski definition) is 15. The summed E-state index contributed by atoms with van der Waals surface area (Å²) < 4.78 is 34.6. The maximum Gasteiger partial charge on any atom is 0.342 e.